The molecule has 1 aromatic heterocycles. The second kappa shape index (κ2) is 12.9. The molecular weight excluding hydrogens is 428 g/mol. The average molecular weight is 459 g/mol. The van der Waals surface area contributed by atoms with E-state index in [1.807, 2.05) is 0 Å². The van der Waals surface area contributed by atoms with Gasteiger partial charge in [0.1, 0.15) is 18.1 Å². The van der Waals surface area contributed by atoms with Gasteiger partial charge in [0.05, 0.1) is 19.0 Å². The number of aliphatic hydroxyl groups excluding tert-OH is 1. The summed E-state index contributed by atoms with van der Waals surface area (Å²) in [5, 5.41) is 25.7. The smallest absolute Gasteiger partial charge is 0.326 e. The Morgan fingerprint density at radius 3 is 2.16 bits per heavy atom. The lowest BCUT2D eigenvalue weighted by atomic mass is 10.0. The van der Waals surface area contributed by atoms with Crippen molar-refractivity contribution in [3.8, 4) is 0 Å². The number of imidazole rings is 1. The number of H-pyrrole nitrogens is 1. The summed E-state index contributed by atoms with van der Waals surface area (Å²) in [4.78, 5) is 55.1. The van der Waals surface area contributed by atoms with Crippen molar-refractivity contribution in [3.05, 3.63) is 18.2 Å². The number of nitrogens with two attached hydrogens (primary N) is 1. The number of aliphatic carboxylic acids is 1. The standard InChI is InChI=1S/C18H30N6O6S/c1-9(2)3-12(18(29)30)22-16(27)13(6-25)23-17(28)14(7-31)24-15(26)11(19)4-10-5-20-8-21-10/h5,8-9,11-14,25,31H,3-4,6-7,19H2,1-2H3,(H,20,21)(H,22,27)(H,23,28)(H,24,26)(H,29,30). The summed E-state index contributed by atoms with van der Waals surface area (Å²) in [7, 11) is 0. The lowest BCUT2D eigenvalue weighted by Gasteiger charge is -2.24. The average Bonchev–Trinajstić information content (AvgIpc) is 3.21. The van der Waals surface area contributed by atoms with E-state index < -0.39 is 54.5 Å². The fraction of sp³-hybridized carbons (Fsp3) is 0.611. The lowest BCUT2D eigenvalue weighted by Crippen LogP contribution is -2.58. The SMILES string of the molecule is CC(C)CC(NC(=O)C(CO)NC(=O)C(CS)NC(=O)C(N)Cc1cnc[nH]1)C(=O)O. The van der Waals surface area contributed by atoms with E-state index in [-0.39, 0.29) is 24.5 Å². The molecule has 0 fully saturated rings. The Balaban J connectivity index is 2.69. The van der Waals surface area contributed by atoms with Crippen molar-refractivity contribution in [2.24, 2.45) is 11.7 Å². The zero-order chi connectivity index (χ0) is 23.6. The van der Waals surface area contributed by atoms with Gasteiger partial charge in [-0.1, -0.05) is 13.8 Å². The molecule has 1 rings (SSSR count). The summed E-state index contributed by atoms with van der Waals surface area (Å²) in [5.74, 6) is -3.57. The first kappa shape index (κ1) is 26.4. The number of aliphatic hydroxyl groups is 1. The van der Waals surface area contributed by atoms with E-state index in [0.717, 1.165) is 0 Å². The van der Waals surface area contributed by atoms with Crippen LogP contribution in [0.1, 0.15) is 26.0 Å². The van der Waals surface area contributed by atoms with Crippen LogP contribution < -0.4 is 21.7 Å². The van der Waals surface area contributed by atoms with Gasteiger partial charge in [0.15, 0.2) is 0 Å². The molecule has 1 heterocycles. The van der Waals surface area contributed by atoms with Crippen LogP contribution in [0.4, 0.5) is 0 Å². The Morgan fingerprint density at radius 1 is 1.10 bits per heavy atom. The van der Waals surface area contributed by atoms with Crippen LogP contribution in [-0.2, 0) is 25.6 Å². The van der Waals surface area contributed by atoms with Crippen molar-refractivity contribution in [1.29, 1.82) is 0 Å². The number of hydrogen-bond acceptors (Lipinski definition) is 8. The van der Waals surface area contributed by atoms with Gasteiger partial charge in [0.2, 0.25) is 17.7 Å². The van der Waals surface area contributed by atoms with Crippen LogP contribution in [-0.4, -0.2) is 80.4 Å². The van der Waals surface area contributed by atoms with Crippen molar-refractivity contribution in [1.82, 2.24) is 25.9 Å². The number of nitrogens with zero attached hydrogens (tertiary/aromatic N) is 1. The molecule has 0 saturated heterocycles. The summed E-state index contributed by atoms with van der Waals surface area (Å²) >= 11 is 4.04. The monoisotopic (exact) mass is 458 g/mol. The predicted molar refractivity (Wildman–Crippen MR) is 114 cm³/mol. The number of carboxylic acids is 1. The molecule has 31 heavy (non-hydrogen) atoms. The van der Waals surface area contributed by atoms with Crippen molar-refractivity contribution >= 4 is 36.3 Å². The van der Waals surface area contributed by atoms with Gasteiger partial charge in [-0.05, 0) is 12.3 Å². The summed E-state index contributed by atoms with van der Waals surface area (Å²) in [5.41, 5.74) is 6.47. The van der Waals surface area contributed by atoms with Crippen LogP contribution in [0.25, 0.3) is 0 Å². The molecule has 0 aliphatic rings. The molecule has 0 radical (unpaired) electrons. The Morgan fingerprint density at radius 2 is 1.68 bits per heavy atom. The minimum absolute atomic E-state index is 0.00156. The Hall–Kier alpha value is -2.64. The Bertz CT molecular complexity index is 744. The van der Waals surface area contributed by atoms with Gasteiger partial charge in [-0.2, -0.15) is 12.6 Å². The molecule has 13 heteroatoms. The number of carbonyl (C=O) groups is 4. The highest BCUT2D eigenvalue weighted by Crippen LogP contribution is 2.05. The highest BCUT2D eigenvalue weighted by Gasteiger charge is 2.29. The highest BCUT2D eigenvalue weighted by molar-refractivity contribution is 7.80. The molecule has 0 saturated carbocycles. The Kier molecular flexibility index (Phi) is 11.0. The van der Waals surface area contributed by atoms with Gasteiger partial charge in [0, 0.05) is 24.1 Å². The maximum Gasteiger partial charge on any atom is 0.326 e. The third kappa shape index (κ3) is 8.94. The number of rotatable bonds is 13. The van der Waals surface area contributed by atoms with E-state index in [0.29, 0.717) is 5.69 Å². The van der Waals surface area contributed by atoms with Crippen molar-refractivity contribution in [2.75, 3.05) is 12.4 Å². The molecular formula is C18H30N6O6S. The van der Waals surface area contributed by atoms with Crippen LogP contribution in [0.5, 0.6) is 0 Å². The van der Waals surface area contributed by atoms with E-state index in [2.05, 4.69) is 38.5 Å². The van der Waals surface area contributed by atoms with Crippen LogP contribution in [0, 0.1) is 5.92 Å². The van der Waals surface area contributed by atoms with Gasteiger partial charge in [-0.25, -0.2) is 9.78 Å². The first-order valence-corrected chi connectivity index (χ1v) is 10.3. The van der Waals surface area contributed by atoms with Crippen LogP contribution in [0.15, 0.2) is 12.5 Å². The molecule has 0 bridgehead atoms. The van der Waals surface area contributed by atoms with Crippen LogP contribution >= 0.6 is 12.6 Å². The van der Waals surface area contributed by atoms with E-state index in [9.17, 15) is 29.4 Å². The minimum atomic E-state index is -1.40. The number of aromatic amines is 1. The summed E-state index contributed by atoms with van der Waals surface area (Å²) < 4.78 is 0. The normalized spacial score (nSPS) is 14.9. The number of nitrogens with one attached hydrogen (secondary N) is 4. The summed E-state index contributed by atoms with van der Waals surface area (Å²) in [6.45, 7) is 2.83. The summed E-state index contributed by atoms with van der Waals surface area (Å²) in [6, 6.07) is -4.66. The maximum absolute atomic E-state index is 12.5. The van der Waals surface area contributed by atoms with Crippen molar-refractivity contribution < 1.29 is 29.4 Å². The molecule has 0 aliphatic heterocycles. The molecule has 1 aromatic rings. The zero-order valence-electron chi connectivity index (χ0n) is 17.4. The third-order valence-corrected chi connectivity index (χ3v) is 4.65. The second-order valence-electron chi connectivity index (χ2n) is 7.40. The van der Waals surface area contributed by atoms with Gasteiger partial charge >= 0.3 is 5.97 Å². The largest absolute Gasteiger partial charge is 0.480 e. The van der Waals surface area contributed by atoms with Crippen molar-refractivity contribution in [2.45, 2.75) is 50.9 Å². The van der Waals surface area contributed by atoms with E-state index in [1.165, 1.54) is 12.5 Å². The fourth-order valence-corrected chi connectivity index (χ4v) is 2.89. The maximum atomic E-state index is 12.5. The number of thiol groups is 1. The minimum Gasteiger partial charge on any atom is -0.480 e. The molecule has 8 N–H and O–H groups in total. The first-order chi connectivity index (χ1) is 14.6. The van der Waals surface area contributed by atoms with Gasteiger partial charge in [-0.15, -0.1) is 0 Å². The molecule has 12 nitrogen and oxygen atoms in total. The topological polar surface area (TPSA) is 200 Å². The third-order valence-electron chi connectivity index (χ3n) is 4.28. The number of carboxylic acid groups (broad SMARTS) is 1. The summed E-state index contributed by atoms with van der Waals surface area (Å²) in [6.07, 6.45) is 3.31. The molecule has 4 atom stereocenters. The van der Waals surface area contributed by atoms with E-state index in [4.69, 9.17) is 5.73 Å². The van der Waals surface area contributed by atoms with E-state index in [1.54, 1.807) is 13.8 Å². The Labute approximate surface area is 185 Å². The molecule has 174 valence electrons. The second-order valence-corrected chi connectivity index (χ2v) is 7.77. The van der Waals surface area contributed by atoms with Gasteiger partial charge in [0.25, 0.3) is 0 Å². The first-order valence-electron chi connectivity index (χ1n) is 9.67. The highest BCUT2D eigenvalue weighted by atomic mass is 32.1. The number of carbonyl (C=O) groups excluding carboxylic acids is 3. The number of amides is 3. The van der Waals surface area contributed by atoms with Gasteiger partial charge < -0.3 is 36.9 Å². The van der Waals surface area contributed by atoms with Crippen LogP contribution in [0.3, 0.4) is 0 Å². The van der Waals surface area contributed by atoms with E-state index >= 15 is 0 Å². The molecule has 3 amide bonds. The van der Waals surface area contributed by atoms with Crippen molar-refractivity contribution in [3.63, 3.8) is 0 Å². The predicted octanol–water partition coefficient (Wildman–Crippen LogP) is -2.21. The molecule has 0 aromatic carbocycles. The van der Waals surface area contributed by atoms with Crippen LogP contribution in [0.2, 0.25) is 0 Å². The number of aromatic nitrogens is 2. The van der Waals surface area contributed by atoms with Gasteiger partial charge in [-0.3, -0.25) is 14.4 Å². The lowest BCUT2D eigenvalue weighted by molar-refractivity contribution is -0.143. The number of hydrogen-bond donors (Lipinski definition) is 8. The fourth-order valence-electron chi connectivity index (χ4n) is 2.63. The molecule has 0 spiro atoms. The molecule has 4 unspecified atom stereocenters. The quantitative estimate of drug-likeness (QED) is 0.152. The zero-order valence-corrected chi connectivity index (χ0v) is 18.3. The molecule has 0 aliphatic carbocycles.